The van der Waals surface area contributed by atoms with Crippen molar-refractivity contribution in [1.29, 1.82) is 0 Å². The van der Waals surface area contributed by atoms with Crippen LogP contribution in [0.25, 0.3) is 0 Å². The minimum Gasteiger partial charge on any atom is -0.489 e. The molecule has 2 aromatic rings. The van der Waals surface area contributed by atoms with Crippen LogP contribution < -0.4 is 4.74 Å². The van der Waals surface area contributed by atoms with Gasteiger partial charge in [0.15, 0.2) is 0 Å². The summed E-state index contributed by atoms with van der Waals surface area (Å²) in [6.07, 6.45) is 3.89. The fraction of sp³-hybridized carbons (Fsp3) is 0.478. The lowest BCUT2D eigenvalue weighted by molar-refractivity contribution is 0.249. The molecule has 1 aliphatic rings. The highest BCUT2D eigenvalue weighted by atomic mass is 16.5. The molecule has 0 aliphatic carbocycles. The van der Waals surface area contributed by atoms with E-state index in [-0.39, 0.29) is 0 Å². The predicted molar refractivity (Wildman–Crippen MR) is 108 cm³/mol. The van der Waals surface area contributed by atoms with E-state index in [0.717, 1.165) is 12.3 Å². The van der Waals surface area contributed by atoms with Crippen molar-refractivity contribution in [3.63, 3.8) is 0 Å². The number of nitrogens with zero attached hydrogens (tertiary/aromatic N) is 2. The van der Waals surface area contributed by atoms with E-state index in [1.54, 1.807) is 0 Å². The second-order valence-corrected chi connectivity index (χ2v) is 7.24. The van der Waals surface area contributed by atoms with Crippen LogP contribution in [-0.2, 0) is 13.2 Å². The minimum atomic E-state index is 0.625. The molecule has 0 bridgehead atoms. The average molecular weight is 353 g/mol. The van der Waals surface area contributed by atoms with Gasteiger partial charge in [0, 0.05) is 19.6 Å². The van der Waals surface area contributed by atoms with Gasteiger partial charge in [-0.3, -0.25) is 4.90 Å². The van der Waals surface area contributed by atoms with E-state index in [4.69, 9.17) is 4.74 Å². The molecule has 140 valence electrons. The Morgan fingerprint density at radius 2 is 1.54 bits per heavy atom. The monoisotopic (exact) mass is 352 g/mol. The Hall–Kier alpha value is -1.84. The van der Waals surface area contributed by atoms with Crippen molar-refractivity contribution in [3.05, 3.63) is 65.7 Å². The molecule has 0 aromatic heterocycles. The molecule has 3 heteroatoms. The molecule has 3 rings (SSSR count). The molecule has 0 amide bonds. The highest BCUT2D eigenvalue weighted by molar-refractivity contribution is 5.27. The van der Waals surface area contributed by atoms with E-state index < -0.39 is 0 Å². The Bertz CT molecular complexity index is 626. The summed E-state index contributed by atoms with van der Waals surface area (Å²) in [5.74, 6) is 0.944. The zero-order valence-corrected chi connectivity index (χ0v) is 16.1. The Kier molecular flexibility index (Phi) is 7.53. The van der Waals surface area contributed by atoms with Crippen molar-refractivity contribution in [3.8, 4) is 5.75 Å². The van der Waals surface area contributed by atoms with E-state index in [9.17, 15) is 0 Å². The maximum atomic E-state index is 5.89. The second kappa shape index (κ2) is 10.3. The summed E-state index contributed by atoms with van der Waals surface area (Å²) < 4.78 is 5.89. The molecule has 3 nitrogen and oxygen atoms in total. The van der Waals surface area contributed by atoms with E-state index >= 15 is 0 Å². The molecular formula is C23H32N2O. The van der Waals surface area contributed by atoms with Crippen molar-refractivity contribution in [2.45, 2.75) is 39.3 Å². The largest absolute Gasteiger partial charge is 0.489 e. The Morgan fingerprint density at radius 1 is 0.808 bits per heavy atom. The maximum Gasteiger partial charge on any atom is 0.119 e. The van der Waals surface area contributed by atoms with E-state index in [0.29, 0.717) is 6.61 Å². The van der Waals surface area contributed by atoms with Crippen LogP contribution in [0.15, 0.2) is 54.6 Å². The van der Waals surface area contributed by atoms with Crippen LogP contribution in [0.2, 0.25) is 0 Å². The summed E-state index contributed by atoms with van der Waals surface area (Å²) in [5, 5.41) is 0. The third kappa shape index (κ3) is 6.15. The Balaban J connectivity index is 1.45. The number of hydrogen-bond donors (Lipinski definition) is 0. The topological polar surface area (TPSA) is 15.7 Å². The summed E-state index contributed by atoms with van der Waals surface area (Å²) in [6, 6.07) is 18.9. The van der Waals surface area contributed by atoms with Crippen molar-refractivity contribution < 1.29 is 4.74 Å². The summed E-state index contributed by atoms with van der Waals surface area (Å²) in [7, 11) is 0. The van der Waals surface area contributed by atoms with Gasteiger partial charge in [-0.1, -0.05) is 55.8 Å². The molecular weight excluding hydrogens is 320 g/mol. The van der Waals surface area contributed by atoms with E-state index in [1.807, 2.05) is 18.2 Å². The van der Waals surface area contributed by atoms with Crippen LogP contribution in [0.5, 0.6) is 5.75 Å². The number of unbranched alkanes of at least 4 members (excludes halogenated alkanes) is 1. The standard InChI is InChI=1S/C23H32N2O/c1-2-3-14-24-15-7-16-25(18-17-24)19-21-10-12-23(13-11-21)26-20-22-8-5-4-6-9-22/h4-6,8-13H,2-3,7,14-20H2,1H3. The highest BCUT2D eigenvalue weighted by Crippen LogP contribution is 2.16. The third-order valence-electron chi connectivity index (χ3n) is 5.09. The van der Waals surface area contributed by atoms with Gasteiger partial charge in [-0.25, -0.2) is 0 Å². The fourth-order valence-electron chi connectivity index (χ4n) is 3.48. The first-order valence-corrected chi connectivity index (χ1v) is 10.0. The predicted octanol–water partition coefficient (Wildman–Crippen LogP) is 4.57. The molecule has 26 heavy (non-hydrogen) atoms. The molecule has 0 atom stereocenters. The van der Waals surface area contributed by atoms with Gasteiger partial charge in [-0.05, 0) is 55.7 Å². The summed E-state index contributed by atoms with van der Waals surface area (Å²) in [6.45, 7) is 10.0. The van der Waals surface area contributed by atoms with Crippen molar-refractivity contribution in [2.75, 3.05) is 32.7 Å². The van der Waals surface area contributed by atoms with Gasteiger partial charge in [-0.2, -0.15) is 0 Å². The van der Waals surface area contributed by atoms with Crippen LogP contribution in [0.1, 0.15) is 37.3 Å². The summed E-state index contributed by atoms with van der Waals surface area (Å²) in [5.41, 5.74) is 2.58. The molecule has 0 N–H and O–H groups in total. The van der Waals surface area contributed by atoms with Crippen LogP contribution in [0.3, 0.4) is 0 Å². The lowest BCUT2D eigenvalue weighted by Gasteiger charge is -2.21. The van der Waals surface area contributed by atoms with Crippen molar-refractivity contribution in [1.82, 2.24) is 9.80 Å². The van der Waals surface area contributed by atoms with Gasteiger partial charge in [0.25, 0.3) is 0 Å². The second-order valence-electron chi connectivity index (χ2n) is 7.24. The first-order chi connectivity index (χ1) is 12.8. The van der Waals surface area contributed by atoms with Gasteiger partial charge in [0.05, 0.1) is 0 Å². The molecule has 0 spiro atoms. The smallest absolute Gasteiger partial charge is 0.119 e. The number of benzene rings is 2. The zero-order valence-electron chi connectivity index (χ0n) is 16.1. The molecule has 2 aromatic carbocycles. The Labute approximate surface area is 158 Å². The van der Waals surface area contributed by atoms with Gasteiger partial charge in [0.1, 0.15) is 12.4 Å². The van der Waals surface area contributed by atoms with Crippen LogP contribution in [0.4, 0.5) is 0 Å². The van der Waals surface area contributed by atoms with Crippen LogP contribution in [-0.4, -0.2) is 42.5 Å². The Morgan fingerprint density at radius 3 is 2.31 bits per heavy atom. The first kappa shape index (κ1) is 18.9. The normalized spacial score (nSPS) is 16.3. The zero-order chi connectivity index (χ0) is 18.0. The lowest BCUT2D eigenvalue weighted by Crippen LogP contribution is -2.31. The van der Waals surface area contributed by atoms with E-state index in [2.05, 4.69) is 53.1 Å². The summed E-state index contributed by atoms with van der Waals surface area (Å²) in [4.78, 5) is 5.22. The van der Waals surface area contributed by atoms with E-state index in [1.165, 1.54) is 63.1 Å². The number of rotatable bonds is 8. The quantitative estimate of drug-likeness (QED) is 0.692. The minimum absolute atomic E-state index is 0.625. The molecule has 1 saturated heterocycles. The molecule has 1 fully saturated rings. The van der Waals surface area contributed by atoms with Gasteiger partial charge in [-0.15, -0.1) is 0 Å². The maximum absolute atomic E-state index is 5.89. The molecule has 1 aliphatic heterocycles. The average Bonchev–Trinajstić information content (AvgIpc) is 2.92. The van der Waals surface area contributed by atoms with Crippen LogP contribution in [0, 0.1) is 0 Å². The number of hydrogen-bond acceptors (Lipinski definition) is 3. The van der Waals surface area contributed by atoms with Crippen molar-refractivity contribution >= 4 is 0 Å². The summed E-state index contributed by atoms with van der Waals surface area (Å²) >= 11 is 0. The van der Waals surface area contributed by atoms with Crippen LogP contribution >= 0.6 is 0 Å². The SMILES string of the molecule is CCCCN1CCCN(Cc2ccc(OCc3ccccc3)cc2)CC1. The molecule has 0 radical (unpaired) electrons. The van der Waals surface area contributed by atoms with Gasteiger partial charge in [0.2, 0.25) is 0 Å². The van der Waals surface area contributed by atoms with Gasteiger partial charge >= 0.3 is 0 Å². The van der Waals surface area contributed by atoms with Crippen molar-refractivity contribution in [2.24, 2.45) is 0 Å². The fourth-order valence-corrected chi connectivity index (χ4v) is 3.48. The number of ether oxygens (including phenoxy) is 1. The van der Waals surface area contributed by atoms with Gasteiger partial charge < -0.3 is 9.64 Å². The lowest BCUT2D eigenvalue weighted by atomic mass is 10.2. The molecule has 1 heterocycles. The highest BCUT2D eigenvalue weighted by Gasteiger charge is 2.14. The first-order valence-electron chi connectivity index (χ1n) is 10.0. The molecule has 0 unspecified atom stereocenters. The third-order valence-corrected chi connectivity index (χ3v) is 5.09. The molecule has 0 saturated carbocycles.